The molecule has 2 fully saturated rings. The molecule has 1 aliphatic heterocycles. The number of halogens is 1. The van der Waals surface area contributed by atoms with Crippen LogP contribution in [0, 0.1) is 11.8 Å². The maximum absolute atomic E-state index is 5.74. The number of nitrogens with one attached hydrogen (secondary N) is 1. The molecule has 6 nitrogen and oxygen atoms in total. The lowest BCUT2D eigenvalue weighted by Gasteiger charge is -2.24. The number of rotatable bonds is 9. The van der Waals surface area contributed by atoms with E-state index in [-0.39, 0.29) is 24.0 Å². The minimum absolute atomic E-state index is 0. The van der Waals surface area contributed by atoms with Gasteiger partial charge in [0.2, 0.25) is 0 Å². The highest BCUT2D eigenvalue weighted by Gasteiger charge is 2.24. The zero-order chi connectivity index (χ0) is 19.1. The van der Waals surface area contributed by atoms with E-state index < -0.39 is 0 Å². The Morgan fingerprint density at radius 1 is 1.29 bits per heavy atom. The first kappa shape index (κ1) is 23.1. The summed E-state index contributed by atoms with van der Waals surface area (Å²) in [6.07, 6.45) is 3.87. The van der Waals surface area contributed by atoms with Gasteiger partial charge in [-0.2, -0.15) is 0 Å². The van der Waals surface area contributed by atoms with Crippen LogP contribution < -0.4 is 15.0 Å². The number of guanidine groups is 1. The number of hydrogen-bond donors (Lipinski definition) is 1. The SMILES string of the molecule is CN=C(NCC1CCN(c2cccc(OC)c2)C1)N(C)CCOCC1CC1.I. The first-order chi connectivity index (χ1) is 13.2. The van der Waals surface area contributed by atoms with Crippen molar-refractivity contribution in [3.05, 3.63) is 24.3 Å². The van der Waals surface area contributed by atoms with Gasteiger partial charge >= 0.3 is 0 Å². The number of ether oxygens (including phenoxy) is 2. The number of likely N-dealkylation sites (N-methyl/N-ethyl adjacent to an activating group) is 1. The number of methoxy groups -OCH3 is 1. The maximum atomic E-state index is 5.74. The Balaban J connectivity index is 0.00000280. The molecule has 1 unspecified atom stereocenters. The third kappa shape index (κ3) is 6.99. The molecule has 1 saturated heterocycles. The van der Waals surface area contributed by atoms with Crippen LogP contribution in [0.5, 0.6) is 5.75 Å². The van der Waals surface area contributed by atoms with Crippen molar-refractivity contribution in [1.29, 1.82) is 0 Å². The molecule has 0 radical (unpaired) electrons. The van der Waals surface area contributed by atoms with Crippen LogP contribution in [0.15, 0.2) is 29.3 Å². The number of hydrogen-bond acceptors (Lipinski definition) is 4. The van der Waals surface area contributed by atoms with E-state index in [1.807, 2.05) is 13.1 Å². The molecular weight excluding hydrogens is 467 g/mol. The van der Waals surface area contributed by atoms with Gasteiger partial charge in [-0.1, -0.05) is 6.07 Å². The fourth-order valence-corrected chi connectivity index (χ4v) is 3.50. The van der Waals surface area contributed by atoms with Crippen molar-refractivity contribution >= 4 is 35.6 Å². The highest BCUT2D eigenvalue weighted by Crippen LogP contribution is 2.28. The second kappa shape index (κ2) is 11.7. The van der Waals surface area contributed by atoms with Crippen molar-refractivity contribution in [2.45, 2.75) is 19.3 Å². The van der Waals surface area contributed by atoms with Crippen molar-refractivity contribution in [3.8, 4) is 5.75 Å². The molecular formula is C21H35IN4O2. The minimum Gasteiger partial charge on any atom is -0.497 e. The molecule has 0 spiro atoms. The summed E-state index contributed by atoms with van der Waals surface area (Å²) >= 11 is 0. The van der Waals surface area contributed by atoms with Crippen molar-refractivity contribution in [3.63, 3.8) is 0 Å². The van der Waals surface area contributed by atoms with Gasteiger partial charge in [0.15, 0.2) is 5.96 Å². The maximum Gasteiger partial charge on any atom is 0.193 e. The monoisotopic (exact) mass is 502 g/mol. The molecule has 0 aromatic heterocycles. The van der Waals surface area contributed by atoms with Gasteiger partial charge in [-0.3, -0.25) is 4.99 Å². The number of nitrogens with zero attached hydrogens (tertiary/aromatic N) is 3. The van der Waals surface area contributed by atoms with Crippen LogP contribution >= 0.6 is 24.0 Å². The quantitative estimate of drug-likeness (QED) is 0.244. The molecule has 158 valence electrons. The minimum atomic E-state index is 0. The summed E-state index contributed by atoms with van der Waals surface area (Å²) in [7, 11) is 5.64. The van der Waals surface area contributed by atoms with Gasteiger partial charge in [0, 0.05) is 58.6 Å². The number of benzene rings is 1. The van der Waals surface area contributed by atoms with Crippen LogP contribution in [-0.4, -0.2) is 71.5 Å². The van der Waals surface area contributed by atoms with Gasteiger partial charge in [-0.15, -0.1) is 24.0 Å². The van der Waals surface area contributed by atoms with Gasteiger partial charge in [0.1, 0.15) is 5.75 Å². The third-order valence-corrected chi connectivity index (χ3v) is 5.45. The zero-order valence-electron chi connectivity index (χ0n) is 17.4. The Kier molecular flexibility index (Phi) is 9.64. The summed E-state index contributed by atoms with van der Waals surface area (Å²) in [5, 5.41) is 3.54. The van der Waals surface area contributed by atoms with Crippen LogP contribution in [0.3, 0.4) is 0 Å². The van der Waals surface area contributed by atoms with Crippen molar-refractivity contribution < 1.29 is 9.47 Å². The molecule has 1 heterocycles. The van der Waals surface area contributed by atoms with Crippen molar-refractivity contribution in [1.82, 2.24) is 10.2 Å². The molecule has 1 N–H and O–H groups in total. The van der Waals surface area contributed by atoms with Crippen molar-refractivity contribution in [2.24, 2.45) is 16.8 Å². The highest BCUT2D eigenvalue weighted by molar-refractivity contribution is 14.0. The Morgan fingerprint density at radius 3 is 2.82 bits per heavy atom. The second-order valence-electron chi connectivity index (χ2n) is 7.67. The van der Waals surface area contributed by atoms with E-state index in [4.69, 9.17) is 9.47 Å². The first-order valence-electron chi connectivity index (χ1n) is 10.1. The summed E-state index contributed by atoms with van der Waals surface area (Å²) in [5.74, 6) is 3.31. The Hall–Kier alpha value is -1.22. The van der Waals surface area contributed by atoms with E-state index in [9.17, 15) is 0 Å². The number of aliphatic imine (C=N–C) groups is 1. The number of anilines is 1. The lowest BCUT2D eigenvalue weighted by molar-refractivity contribution is 0.115. The Morgan fingerprint density at radius 2 is 2.11 bits per heavy atom. The highest BCUT2D eigenvalue weighted by atomic mass is 127. The molecule has 7 heteroatoms. The van der Waals surface area contributed by atoms with Crippen LogP contribution in [0.4, 0.5) is 5.69 Å². The molecule has 1 atom stereocenters. The van der Waals surface area contributed by atoms with E-state index in [2.05, 4.69) is 45.4 Å². The molecule has 0 amide bonds. The van der Waals surface area contributed by atoms with Crippen LogP contribution in [0.25, 0.3) is 0 Å². The molecule has 1 saturated carbocycles. The van der Waals surface area contributed by atoms with Crippen LogP contribution in [0.2, 0.25) is 0 Å². The van der Waals surface area contributed by atoms with E-state index in [0.29, 0.717) is 5.92 Å². The van der Waals surface area contributed by atoms with Crippen LogP contribution in [0.1, 0.15) is 19.3 Å². The summed E-state index contributed by atoms with van der Waals surface area (Å²) in [6, 6.07) is 8.32. The summed E-state index contributed by atoms with van der Waals surface area (Å²) < 4.78 is 11.1. The smallest absolute Gasteiger partial charge is 0.193 e. The standard InChI is InChI=1S/C21H34N4O2.HI/c1-22-21(24(2)11-12-27-16-17-7-8-17)23-14-18-9-10-25(15-18)19-5-4-6-20(13-19)26-3;/h4-6,13,17-18H,7-12,14-16H2,1-3H3,(H,22,23);1H. The average Bonchev–Trinajstić information content (AvgIpc) is 3.41. The lowest BCUT2D eigenvalue weighted by Crippen LogP contribution is -2.42. The topological polar surface area (TPSA) is 49.3 Å². The van der Waals surface area contributed by atoms with Gasteiger partial charge in [0.05, 0.1) is 13.7 Å². The van der Waals surface area contributed by atoms with Gasteiger partial charge in [-0.25, -0.2) is 0 Å². The molecule has 2 aliphatic rings. The molecule has 0 bridgehead atoms. The van der Waals surface area contributed by atoms with E-state index in [1.165, 1.54) is 24.9 Å². The summed E-state index contributed by atoms with van der Waals surface area (Å²) in [6.45, 7) is 5.64. The third-order valence-electron chi connectivity index (χ3n) is 5.45. The second-order valence-corrected chi connectivity index (χ2v) is 7.67. The Bertz CT molecular complexity index is 624. The average molecular weight is 502 g/mol. The fourth-order valence-electron chi connectivity index (χ4n) is 3.50. The van der Waals surface area contributed by atoms with Crippen LogP contribution in [-0.2, 0) is 4.74 Å². The first-order valence-corrected chi connectivity index (χ1v) is 10.1. The van der Waals surface area contributed by atoms with Gasteiger partial charge < -0.3 is 24.6 Å². The normalized spacial score (nSPS) is 19.3. The fraction of sp³-hybridized carbons (Fsp3) is 0.667. The van der Waals surface area contributed by atoms with Gasteiger partial charge in [0.25, 0.3) is 0 Å². The largest absolute Gasteiger partial charge is 0.497 e. The molecule has 3 rings (SSSR count). The molecule has 1 aromatic rings. The predicted octanol–water partition coefficient (Wildman–Crippen LogP) is 3.07. The van der Waals surface area contributed by atoms with E-state index in [1.54, 1.807) is 7.11 Å². The summed E-state index contributed by atoms with van der Waals surface area (Å²) in [4.78, 5) is 9.01. The Labute approximate surface area is 186 Å². The van der Waals surface area contributed by atoms with E-state index >= 15 is 0 Å². The zero-order valence-corrected chi connectivity index (χ0v) is 19.7. The molecule has 28 heavy (non-hydrogen) atoms. The summed E-state index contributed by atoms with van der Waals surface area (Å²) in [5.41, 5.74) is 1.24. The predicted molar refractivity (Wildman–Crippen MR) is 126 cm³/mol. The molecule has 1 aromatic carbocycles. The molecule has 1 aliphatic carbocycles. The van der Waals surface area contributed by atoms with E-state index in [0.717, 1.165) is 57.0 Å². The van der Waals surface area contributed by atoms with Gasteiger partial charge in [-0.05, 0) is 43.2 Å². The lowest BCUT2D eigenvalue weighted by atomic mass is 10.1. The van der Waals surface area contributed by atoms with Crippen molar-refractivity contribution in [2.75, 3.05) is 65.5 Å².